The minimum absolute atomic E-state index is 0.233. The Kier molecular flexibility index (Phi) is 3.44. The molecule has 4 nitrogen and oxygen atoms in total. The fourth-order valence-corrected chi connectivity index (χ4v) is 2.32. The highest BCUT2D eigenvalue weighted by atomic mass is 32.1. The molecule has 0 aliphatic carbocycles. The molecule has 5 heteroatoms. The lowest BCUT2D eigenvalue weighted by Crippen LogP contribution is -2.22. The number of rotatable bonds is 2. The van der Waals surface area contributed by atoms with Crippen LogP contribution in [0.4, 0.5) is 4.79 Å². The number of ether oxygens (including phenoxy) is 1. The smallest absolute Gasteiger partial charge is 0.410 e. The van der Waals surface area contributed by atoms with Gasteiger partial charge in [-0.3, -0.25) is 4.90 Å². The topological polar surface area (TPSA) is 55.6 Å². The molecule has 1 saturated heterocycles. The number of carbonyl (C=O) groups is 1. The fourth-order valence-electron chi connectivity index (χ4n) is 1.43. The number of thiophene rings is 1. The maximum absolute atomic E-state index is 11.2. The lowest BCUT2D eigenvalue weighted by Gasteiger charge is -2.09. The van der Waals surface area contributed by atoms with Crippen LogP contribution in [-0.4, -0.2) is 30.7 Å². The predicted molar refractivity (Wildman–Crippen MR) is 62.0 cm³/mol. The quantitative estimate of drug-likeness (QED) is 0.780. The number of carbonyl (C=O) groups excluding carboxylic acids is 1. The van der Waals surface area contributed by atoms with Crippen molar-refractivity contribution in [2.45, 2.75) is 6.54 Å². The molecule has 16 heavy (non-hydrogen) atoms. The number of cyclic esters (lactones) is 1. The van der Waals surface area contributed by atoms with Crippen molar-refractivity contribution in [2.75, 3.05) is 19.7 Å². The van der Waals surface area contributed by atoms with Crippen molar-refractivity contribution in [3.8, 4) is 11.8 Å². The summed E-state index contributed by atoms with van der Waals surface area (Å²) >= 11 is 1.58. The van der Waals surface area contributed by atoms with E-state index in [1.165, 1.54) is 0 Å². The monoisotopic (exact) mass is 236 g/mol. The number of nitrogens with two attached hydrogens (primary N) is 1. The molecule has 0 unspecified atom stereocenters. The molecule has 1 aliphatic rings. The summed E-state index contributed by atoms with van der Waals surface area (Å²) in [6.45, 7) is 2.13. The highest BCUT2D eigenvalue weighted by Crippen LogP contribution is 2.19. The summed E-state index contributed by atoms with van der Waals surface area (Å²) < 4.78 is 4.86. The van der Waals surface area contributed by atoms with Gasteiger partial charge in [-0.1, -0.05) is 11.8 Å². The van der Waals surface area contributed by atoms with E-state index in [0.29, 0.717) is 26.2 Å². The van der Waals surface area contributed by atoms with Gasteiger partial charge in [0, 0.05) is 4.88 Å². The third-order valence-corrected chi connectivity index (χ3v) is 3.15. The summed E-state index contributed by atoms with van der Waals surface area (Å²) in [4.78, 5) is 15.0. The van der Waals surface area contributed by atoms with Crippen molar-refractivity contribution >= 4 is 17.4 Å². The van der Waals surface area contributed by atoms with Crippen molar-refractivity contribution in [2.24, 2.45) is 5.73 Å². The van der Waals surface area contributed by atoms with Gasteiger partial charge in [0.25, 0.3) is 0 Å². The van der Waals surface area contributed by atoms with E-state index in [9.17, 15) is 4.79 Å². The van der Waals surface area contributed by atoms with Gasteiger partial charge in [0.1, 0.15) is 6.61 Å². The Hall–Kier alpha value is -1.51. The zero-order valence-electron chi connectivity index (χ0n) is 8.73. The minimum atomic E-state index is -0.233. The second-order valence-corrected chi connectivity index (χ2v) is 4.48. The molecule has 2 heterocycles. The zero-order valence-corrected chi connectivity index (χ0v) is 9.55. The molecular weight excluding hydrogens is 224 g/mol. The summed E-state index contributed by atoms with van der Waals surface area (Å²) in [7, 11) is 0. The van der Waals surface area contributed by atoms with E-state index in [0.717, 1.165) is 9.75 Å². The van der Waals surface area contributed by atoms with Crippen LogP contribution >= 0.6 is 11.3 Å². The largest absolute Gasteiger partial charge is 0.448 e. The Morgan fingerprint density at radius 1 is 1.56 bits per heavy atom. The third-order valence-electron chi connectivity index (χ3n) is 2.17. The fraction of sp³-hybridized carbons (Fsp3) is 0.364. The normalized spacial score (nSPS) is 14.6. The van der Waals surface area contributed by atoms with Crippen LogP contribution in [0.25, 0.3) is 0 Å². The first-order valence-corrected chi connectivity index (χ1v) is 5.80. The summed E-state index contributed by atoms with van der Waals surface area (Å²) in [5.41, 5.74) is 5.30. The van der Waals surface area contributed by atoms with Gasteiger partial charge in [0.15, 0.2) is 0 Å². The number of hydrogen-bond donors (Lipinski definition) is 1. The molecule has 0 radical (unpaired) electrons. The number of amides is 1. The van der Waals surface area contributed by atoms with Crippen LogP contribution in [0.3, 0.4) is 0 Å². The Morgan fingerprint density at radius 3 is 3.12 bits per heavy atom. The average molecular weight is 236 g/mol. The van der Waals surface area contributed by atoms with E-state index < -0.39 is 0 Å². The molecule has 84 valence electrons. The maximum Gasteiger partial charge on any atom is 0.410 e. The summed E-state index contributed by atoms with van der Waals surface area (Å²) in [6.07, 6.45) is -0.233. The Bertz CT molecular complexity index is 444. The molecule has 1 aromatic heterocycles. The molecule has 0 bridgehead atoms. The van der Waals surface area contributed by atoms with Gasteiger partial charge in [-0.25, -0.2) is 4.79 Å². The van der Waals surface area contributed by atoms with Crippen molar-refractivity contribution in [3.63, 3.8) is 0 Å². The highest BCUT2D eigenvalue weighted by molar-refractivity contribution is 7.12. The predicted octanol–water partition coefficient (Wildman–Crippen LogP) is 1.01. The molecule has 2 N–H and O–H groups in total. The zero-order chi connectivity index (χ0) is 11.4. The van der Waals surface area contributed by atoms with E-state index in [1.807, 2.05) is 12.1 Å². The third kappa shape index (κ3) is 2.54. The number of hydrogen-bond acceptors (Lipinski definition) is 4. The maximum atomic E-state index is 11.2. The first kappa shape index (κ1) is 11.0. The van der Waals surface area contributed by atoms with Gasteiger partial charge >= 0.3 is 6.09 Å². The SMILES string of the molecule is NCC#Cc1ccc(CN2CCOC2=O)s1. The van der Waals surface area contributed by atoms with Crippen LogP contribution < -0.4 is 5.73 Å². The second-order valence-electron chi connectivity index (χ2n) is 3.31. The molecule has 0 atom stereocenters. The number of nitrogens with zero attached hydrogens (tertiary/aromatic N) is 1. The van der Waals surface area contributed by atoms with E-state index in [1.54, 1.807) is 16.2 Å². The van der Waals surface area contributed by atoms with Crippen LogP contribution in [-0.2, 0) is 11.3 Å². The minimum Gasteiger partial charge on any atom is -0.448 e. The highest BCUT2D eigenvalue weighted by Gasteiger charge is 2.22. The lowest BCUT2D eigenvalue weighted by molar-refractivity contribution is 0.157. The summed E-state index contributed by atoms with van der Waals surface area (Å²) in [5.74, 6) is 5.77. The van der Waals surface area contributed by atoms with Crippen molar-refractivity contribution < 1.29 is 9.53 Å². The van der Waals surface area contributed by atoms with E-state index in [4.69, 9.17) is 10.5 Å². The first-order valence-electron chi connectivity index (χ1n) is 4.99. The Balaban J connectivity index is 1.99. The molecule has 1 aromatic rings. The van der Waals surface area contributed by atoms with Gasteiger partial charge < -0.3 is 10.5 Å². The standard InChI is InChI=1S/C11H12N2O2S/c12-5-1-2-9-3-4-10(16-9)8-13-6-7-15-11(13)14/h3-4H,5-8,12H2. The molecule has 0 aromatic carbocycles. The first-order chi connectivity index (χ1) is 7.79. The van der Waals surface area contributed by atoms with Crippen molar-refractivity contribution in [3.05, 3.63) is 21.9 Å². The second kappa shape index (κ2) is 5.01. The van der Waals surface area contributed by atoms with Gasteiger partial charge in [0.2, 0.25) is 0 Å². The molecule has 2 rings (SSSR count). The molecule has 0 saturated carbocycles. The summed E-state index contributed by atoms with van der Waals surface area (Å²) in [6, 6.07) is 3.93. The van der Waals surface area contributed by atoms with Crippen LogP contribution in [0.15, 0.2) is 12.1 Å². The van der Waals surface area contributed by atoms with E-state index in [-0.39, 0.29) is 6.09 Å². The van der Waals surface area contributed by atoms with Gasteiger partial charge in [-0.05, 0) is 12.1 Å². The van der Waals surface area contributed by atoms with E-state index in [2.05, 4.69) is 11.8 Å². The molecule has 1 amide bonds. The van der Waals surface area contributed by atoms with Crippen LogP contribution in [0, 0.1) is 11.8 Å². The average Bonchev–Trinajstić information content (AvgIpc) is 2.87. The Morgan fingerprint density at radius 2 is 2.44 bits per heavy atom. The van der Waals surface area contributed by atoms with Crippen molar-refractivity contribution in [1.29, 1.82) is 0 Å². The van der Waals surface area contributed by atoms with Crippen LogP contribution in [0.2, 0.25) is 0 Å². The van der Waals surface area contributed by atoms with Crippen LogP contribution in [0.5, 0.6) is 0 Å². The van der Waals surface area contributed by atoms with Gasteiger partial charge in [-0.2, -0.15) is 0 Å². The molecular formula is C11H12N2O2S. The lowest BCUT2D eigenvalue weighted by atomic mass is 10.4. The molecule has 1 aliphatic heterocycles. The Labute approximate surface area is 98.0 Å². The molecule has 0 spiro atoms. The van der Waals surface area contributed by atoms with Crippen LogP contribution in [0.1, 0.15) is 9.75 Å². The van der Waals surface area contributed by atoms with Gasteiger partial charge in [-0.15, -0.1) is 11.3 Å². The molecule has 1 fully saturated rings. The van der Waals surface area contributed by atoms with E-state index >= 15 is 0 Å². The van der Waals surface area contributed by atoms with Gasteiger partial charge in [0.05, 0.1) is 24.5 Å². The summed E-state index contributed by atoms with van der Waals surface area (Å²) in [5, 5.41) is 0. The van der Waals surface area contributed by atoms with Crippen molar-refractivity contribution in [1.82, 2.24) is 4.90 Å².